The van der Waals surface area contributed by atoms with E-state index in [1.54, 1.807) is 0 Å². The van der Waals surface area contributed by atoms with Crippen LogP contribution in [0.5, 0.6) is 11.5 Å². The van der Waals surface area contributed by atoms with Crippen LogP contribution in [0.2, 0.25) is 0 Å². The second-order valence-electron chi connectivity index (χ2n) is 6.60. The number of carbonyl (C=O) groups is 1. The van der Waals surface area contributed by atoms with Crippen LogP contribution in [0.3, 0.4) is 0 Å². The van der Waals surface area contributed by atoms with Crippen molar-refractivity contribution in [3.05, 3.63) is 53.3 Å². The molecule has 148 valence electrons. The van der Waals surface area contributed by atoms with Crippen molar-refractivity contribution in [2.24, 2.45) is 0 Å². The molecule has 2 aliphatic rings. The van der Waals surface area contributed by atoms with Gasteiger partial charge >= 0.3 is 6.03 Å². The van der Waals surface area contributed by atoms with Crippen molar-refractivity contribution in [1.29, 1.82) is 0 Å². The molecular weight excluding hydrogens is 375 g/mol. The van der Waals surface area contributed by atoms with Crippen LogP contribution < -0.4 is 14.8 Å². The third-order valence-corrected chi connectivity index (χ3v) is 4.78. The first-order valence-corrected chi connectivity index (χ1v) is 8.81. The van der Waals surface area contributed by atoms with Crippen LogP contribution in [0.4, 0.5) is 23.7 Å². The fourth-order valence-electron chi connectivity index (χ4n) is 3.22. The van der Waals surface area contributed by atoms with Gasteiger partial charge in [0.15, 0.2) is 29.0 Å². The standard InChI is InChI=1S/C19H18F3N3O3/c20-13-2-3-14(18(22)17(13)21)23-19(26)25-7-5-24(6-8-25)10-12-1-4-15-16(9-12)28-11-27-15/h1-4,9H,5-8,10-11H2,(H,23,26). The molecule has 0 radical (unpaired) electrons. The van der Waals surface area contributed by atoms with E-state index in [0.717, 1.165) is 29.2 Å². The normalized spacial score (nSPS) is 16.3. The number of nitrogens with zero attached hydrogens (tertiary/aromatic N) is 2. The predicted octanol–water partition coefficient (Wildman–Crippen LogP) is 3.18. The number of piperazine rings is 1. The fraction of sp³-hybridized carbons (Fsp3) is 0.316. The average molecular weight is 393 g/mol. The molecule has 0 bridgehead atoms. The first-order valence-electron chi connectivity index (χ1n) is 8.81. The zero-order valence-corrected chi connectivity index (χ0v) is 14.9. The molecule has 0 spiro atoms. The molecular formula is C19H18F3N3O3. The minimum Gasteiger partial charge on any atom is -0.454 e. The number of rotatable bonds is 3. The summed E-state index contributed by atoms with van der Waals surface area (Å²) < 4.78 is 50.7. The molecule has 2 aliphatic heterocycles. The molecule has 2 heterocycles. The van der Waals surface area contributed by atoms with Crippen molar-refractivity contribution in [1.82, 2.24) is 9.80 Å². The van der Waals surface area contributed by atoms with E-state index in [-0.39, 0.29) is 12.5 Å². The number of fused-ring (bicyclic) bond motifs is 1. The summed E-state index contributed by atoms with van der Waals surface area (Å²) in [5, 5.41) is 2.30. The summed E-state index contributed by atoms with van der Waals surface area (Å²) in [4.78, 5) is 16.0. The quantitative estimate of drug-likeness (QED) is 0.814. The second-order valence-corrected chi connectivity index (χ2v) is 6.60. The lowest BCUT2D eigenvalue weighted by Gasteiger charge is -2.34. The van der Waals surface area contributed by atoms with Crippen molar-refractivity contribution in [2.45, 2.75) is 6.54 Å². The van der Waals surface area contributed by atoms with Gasteiger partial charge in [0.05, 0.1) is 5.69 Å². The van der Waals surface area contributed by atoms with Crippen molar-refractivity contribution in [3.63, 3.8) is 0 Å². The van der Waals surface area contributed by atoms with Gasteiger partial charge in [-0.1, -0.05) is 6.07 Å². The highest BCUT2D eigenvalue weighted by Crippen LogP contribution is 2.32. The lowest BCUT2D eigenvalue weighted by Crippen LogP contribution is -2.49. The largest absolute Gasteiger partial charge is 0.454 e. The summed E-state index contributed by atoms with van der Waals surface area (Å²) in [6.07, 6.45) is 0. The number of urea groups is 1. The molecule has 2 aromatic carbocycles. The van der Waals surface area contributed by atoms with Gasteiger partial charge in [-0.05, 0) is 29.8 Å². The Labute approximate surface area is 159 Å². The molecule has 6 nitrogen and oxygen atoms in total. The number of hydrogen-bond acceptors (Lipinski definition) is 4. The Kier molecular flexibility index (Phi) is 4.99. The van der Waals surface area contributed by atoms with E-state index in [9.17, 15) is 18.0 Å². The molecule has 1 N–H and O–H groups in total. The van der Waals surface area contributed by atoms with Crippen molar-refractivity contribution < 1.29 is 27.4 Å². The zero-order valence-electron chi connectivity index (χ0n) is 14.9. The van der Waals surface area contributed by atoms with Gasteiger partial charge in [-0.3, -0.25) is 4.90 Å². The maximum absolute atomic E-state index is 13.7. The van der Waals surface area contributed by atoms with E-state index in [4.69, 9.17) is 9.47 Å². The molecule has 0 atom stereocenters. The monoisotopic (exact) mass is 393 g/mol. The van der Waals surface area contributed by atoms with E-state index in [0.29, 0.717) is 32.7 Å². The molecule has 28 heavy (non-hydrogen) atoms. The number of nitrogens with one attached hydrogen (secondary N) is 1. The minimum atomic E-state index is -1.61. The Balaban J connectivity index is 1.31. The third kappa shape index (κ3) is 3.70. The molecule has 2 aromatic rings. The highest BCUT2D eigenvalue weighted by atomic mass is 19.2. The van der Waals surface area contributed by atoms with Gasteiger partial charge in [-0.15, -0.1) is 0 Å². The first kappa shape index (κ1) is 18.4. The molecule has 4 rings (SSSR count). The zero-order chi connectivity index (χ0) is 19.7. The van der Waals surface area contributed by atoms with Gasteiger partial charge in [0.2, 0.25) is 6.79 Å². The summed E-state index contributed by atoms with van der Waals surface area (Å²) in [5.41, 5.74) is 0.692. The van der Waals surface area contributed by atoms with E-state index in [2.05, 4.69) is 10.2 Å². The van der Waals surface area contributed by atoms with Crippen LogP contribution >= 0.6 is 0 Å². The smallest absolute Gasteiger partial charge is 0.322 e. The highest BCUT2D eigenvalue weighted by Gasteiger charge is 2.23. The van der Waals surface area contributed by atoms with Gasteiger partial charge in [-0.2, -0.15) is 0 Å². The van der Waals surface area contributed by atoms with Gasteiger partial charge in [0, 0.05) is 32.7 Å². The Morgan fingerprint density at radius 1 is 0.964 bits per heavy atom. The number of amides is 2. The Morgan fingerprint density at radius 3 is 2.50 bits per heavy atom. The van der Waals surface area contributed by atoms with Crippen LogP contribution in [-0.4, -0.2) is 48.8 Å². The SMILES string of the molecule is O=C(Nc1ccc(F)c(F)c1F)N1CCN(Cc2ccc3c(c2)OCO3)CC1. The summed E-state index contributed by atoms with van der Waals surface area (Å²) in [7, 11) is 0. The lowest BCUT2D eigenvalue weighted by molar-refractivity contribution is 0.143. The molecule has 0 unspecified atom stereocenters. The number of benzene rings is 2. The predicted molar refractivity (Wildman–Crippen MR) is 94.7 cm³/mol. The Hall–Kier alpha value is -2.94. The van der Waals surface area contributed by atoms with E-state index in [1.165, 1.54) is 4.90 Å². The fourth-order valence-corrected chi connectivity index (χ4v) is 3.22. The maximum atomic E-state index is 13.7. The summed E-state index contributed by atoms with van der Waals surface area (Å²) in [5.74, 6) is -2.85. The number of hydrogen-bond donors (Lipinski definition) is 1. The van der Waals surface area contributed by atoms with E-state index >= 15 is 0 Å². The van der Waals surface area contributed by atoms with Crippen molar-refractivity contribution in [3.8, 4) is 11.5 Å². The van der Waals surface area contributed by atoms with Crippen LogP contribution in [-0.2, 0) is 6.54 Å². The van der Waals surface area contributed by atoms with Crippen LogP contribution in [0.25, 0.3) is 0 Å². The topological polar surface area (TPSA) is 54.0 Å². The van der Waals surface area contributed by atoms with Crippen molar-refractivity contribution >= 4 is 11.7 Å². The maximum Gasteiger partial charge on any atom is 0.322 e. The summed E-state index contributed by atoms with van der Waals surface area (Å²) in [6.45, 7) is 3.04. The van der Waals surface area contributed by atoms with Crippen LogP contribution in [0, 0.1) is 17.5 Å². The van der Waals surface area contributed by atoms with E-state index < -0.39 is 23.5 Å². The van der Waals surface area contributed by atoms with Crippen LogP contribution in [0.1, 0.15) is 5.56 Å². The Bertz CT molecular complexity index is 901. The molecule has 1 saturated heterocycles. The van der Waals surface area contributed by atoms with Gasteiger partial charge in [0.25, 0.3) is 0 Å². The second kappa shape index (κ2) is 7.59. The molecule has 0 saturated carbocycles. The third-order valence-electron chi connectivity index (χ3n) is 4.78. The molecule has 0 aromatic heterocycles. The highest BCUT2D eigenvalue weighted by molar-refractivity contribution is 5.89. The number of ether oxygens (including phenoxy) is 2. The molecule has 1 fully saturated rings. The summed E-state index contributed by atoms with van der Waals surface area (Å²) in [6, 6.07) is 7.01. The number of halogens is 3. The van der Waals surface area contributed by atoms with Gasteiger partial charge < -0.3 is 19.7 Å². The van der Waals surface area contributed by atoms with Gasteiger partial charge in [0.1, 0.15) is 0 Å². The van der Waals surface area contributed by atoms with Gasteiger partial charge in [-0.25, -0.2) is 18.0 Å². The number of anilines is 1. The first-order chi connectivity index (χ1) is 13.5. The minimum absolute atomic E-state index is 0.227. The number of carbonyl (C=O) groups excluding carboxylic acids is 1. The Morgan fingerprint density at radius 2 is 1.71 bits per heavy atom. The lowest BCUT2D eigenvalue weighted by atomic mass is 10.1. The molecule has 0 aliphatic carbocycles. The van der Waals surface area contributed by atoms with E-state index in [1.807, 2.05) is 18.2 Å². The average Bonchev–Trinajstić information content (AvgIpc) is 3.17. The molecule has 2 amide bonds. The van der Waals surface area contributed by atoms with Crippen molar-refractivity contribution in [2.75, 3.05) is 38.3 Å². The van der Waals surface area contributed by atoms with Crippen LogP contribution in [0.15, 0.2) is 30.3 Å². The molecule has 9 heteroatoms. The summed E-state index contributed by atoms with van der Waals surface area (Å²) >= 11 is 0.